The van der Waals surface area contributed by atoms with Gasteiger partial charge in [0.1, 0.15) is 0 Å². The molecule has 1 aliphatic heterocycles. The van der Waals surface area contributed by atoms with Crippen molar-refractivity contribution in [1.29, 1.82) is 0 Å². The Morgan fingerprint density at radius 3 is 2.60 bits per heavy atom. The molecule has 2 unspecified atom stereocenters. The molecule has 1 aliphatic carbocycles. The van der Waals surface area contributed by atoms with Crippen LogP contribution in [0.5, 0.6) is 0 Å². The van der Waals surface area contributed by atoms with Crippen LogP contribution in [0.25, 0.3) is 0 Å². The Labute approximate surface area is 123 Å². The molecule has 0 aromatic heterocycles. The summed E-state index contributed by atoms with van der Waals surface area (Å²) in [4.78, 5) is 2.67. The Morgan fingerprint density at radius 1 is 1.10 bits per heavy atom. The van der Waals surface area contributed by atoms with Gasteiger partial charge in [-0.3, -0.25) is 0 Å². The number of nitrogens with zero attached hydrogens (tertiary/aromatic N) is 1. The zero-order valence-electron chi connectivity index (χ0n) is 12.9. The number of rotatable bonds is 4. The van der Waals surface area contributed by atoms with Gasteiger partial charge in [-0.1, -0.05) is 38.8 Å². The van der Waals surface area contributed by atoms with Crippen LogP contribution in [0.1, 0.15) is 51.5 Å². The highest BCUT2D eigenvalue weighted by Gasteiger charge is 2.35. The van der Waals surface area contributed by atoms with Crippen LogP contribution in [-0.4, -0.2) is 18.6 Å². The van der Waals surface area contributed by atoms with Gasteiger partial charge in [0.15, 0.2) is 0 Å². The number of hydrogen-bond donors (Lipinski definition) is 1. The van der Waals surface area contributed by atoms with E-state index in [0.717, 1.165) is 18.5 Å². The molecule has 0 bridgehead atoms. The maximum Gasteiger partial charge on any atom is 0.0369 e. The lowest BCUT2D eigenvalue weighted by atomic mass is 9.85. The topological polar surface area (TPSA) is 15.3 Å². The molecule has 0 spiro atoms. The fraction of sp³-hybridized carbons (Fsp3) is 0.667. The predicted molar refractivity (Wildman–Crippen MR) is 86.1 cm³/mol. The molecule has 1 aromatic carbocycles. The fourth-order valence-corrected chi connectivity index (χ4v) is 3.85. The second kappa shape index (κ2) is 6.17. The third kappa shape index (κ3) is 3.01. The van der Waals surface area contributed by atoms with E-state index in [2.05, 4.69) is 48.3 Å². The normalized spacial score (nSPS) is 26.1. The Bertz CT molecular complexity index is 424. The summed E-state index contributed by atoms with van der Waals surface area (Å²) in [5.74, 6) is 0.964. The highest BCUT2D eigenvalue weighted by Crippen LogP contribution is 2.38. The lowest BCUT2D eigenvalue weighted by molar-refractivity contribution is 0.342. The third-order valence-electron chi connectivity index (χ3n) is 4.99. The van der Waals surface area contributed by atoms with Gasteiger partial charge in [0.2, 0.25) is 0 Å². The van der Waals surface area contributed by atoms with Gasteiger partial charge in [-0.05, 0) is 42.9 Å². The minimum atomic E-state index is 0.552. The van der Waals surface area contributed by atoms with E-state index < -0.39 is 0 Å². The van der Waals surface area contributed by atoms with Crippen LogP contribution in [0.4, 0.5) is 5.69 Å². The summed E-state index contributed by atoms with van der Waals surface area (Å²) in [6.45, 7) is 6.63. The van der Waals surface area contributed by atoms with Crippen molar-refractivity contribution in [2.24, 2.45) is 5.92 Å². The summed E-state index contributed by atoms with van der Waals surface area (Å²) >= 11 is 0. The Hall–Kier alpha value is -1.02. The Balaban J connectivity index is 1.65. The van der Waals surface area contributed by atoms with E-state index >= 15 is 0 Å². The SMILES string of the molecule is CC(C)NCc1ccc(N2CCC3CCCCC32)cc1. The van der Waals surface area contributed by atoms with E-state index in [9.17, 15) is 0 Å². The van der Waals surface area contributed by atoms with Crippen LogP contribution < -0.4 is 10.2 Å². The largest absolute Gasteiger partial charge is 0.368 e. The predicted octanol–water partition coefficient (Wildman–Crippen LogP) is 3.95. The quantitative estimate of drug-likeness (QED) is 0.892. The van der Waals surface area contributed by atoms with E-state index in [1.54, 1.807) is 0 Å². The van der Waals surface area contributed by atoms with Crippen molar-refractivity contribution < 1.29 is 0 Å². The molecule has 2 fully saturated rings. The third-order valence-corrected chi connectivity index (χ3v) is 4.99. The summed E-state index contributed by atoms with van der Waals surface area (Å²) in [6, 6.07) is 10.6. The van der Waals surface area contributed by atoms with E-state index in [0.29, 0.717) is 6.04 Å². The van der Waals surface area contributed by atoms with Crippen LogP contribution in [-0.2, 0) is 6.54 Å². The molecule has 2 atom stereocenters. The molecule has 110 valence electrons. The molecular formula is C18H28N2. The average Bonchev–Trinajstić information content (AvgIpc) is 2.89. The summed E-state index contributed by atoms with van der Waals surface area (Å²) in [5.41, 5.74) is 2.83. The molecule has 1 saturated heterocycles. The molecule has 1 aromatic rings. The monoisotopic (exact) mass is 272 g/mol. The molecule has 0 radical (unpaired) electrons. The molecule has 2 nitrogen and oxygen atoms in total. The molecule has 2 aliphatic rings. The second-order valence-corrected chi connectivity index (χ2v) is 6.80. The van der Waals surface area contributed by atoms with Gasteiger partial charge >= 0.3 is 0 Å². The lowest BCUT2D eigenvalue weighted by Gasteiger charge is -2.33. The highest BCUT2D eigenvalue weighted by atomic mass is 15.2. The van der Waals surface area contributed by atoms with Gasteiger partial charge in [0.05, 0.1) is 0 Å². The van der Waals surface area contributed by atoms with E-state index in [-0.39, 0.29) is 0 Å². The van der Waals surface area contributed by atoms with Gasteiger partial charge in [-0.15, -0.1) is 0 Å². The Morgan fingerprint density at radius 2 is 1.85 bits per heavy atom. The highest BCUT2D eigenvalue weighted by molar-refractivity contribution is 5.50. The standard InChI is InChI=1S/C18H28N2/c1-14(2)19-13-15-7-9-17(10-8-15)20-12-11-16-5-3-4-6-18(16)20/h7-10,14,16,18-19H,3-6,11-13H2,1-2H3. The minimum Gasteiger partial charge on any atom is -0.368 e. The van der Waals surface area contributed by atoms with Crippen LogP contribution in [0.15, 0.2) is 24.3 Å². The van der Waals surface area contributed by atoms with Crippen LogP contribution in [0, 0.1) is 5.92 Å². The molecule has 3 rings (SSSR count). The summed E-state index contributed by atoms with van der Waals surface area (Å²) in [6.07, 6.45) is 7.14. The maximum atomic E-state index is 3.48. The van der Waals surface area contributed by atoms with Crippen molar-refractivity contribution in [2.75, 3.05) is 11.4 Å². The fourth-order valence-electron chi connectivity index (χ4n) is 3.85. The summed E-state index contributed by atoms with van der Waals surface area (Å²) < 4.78 is 0. The minimum absolute atomic E-state index is 0.552. The molecule has 1 heterocycles. The van der Waals surface area contributed by atoms with Crippen molar-refractivity contribution in [3.05, 3.63) is 29.8 Å². The number of anilines is 1. The second-order valence-electron chi connectivity index (χ2n) is 6.80. The molecule has 1 N–H and O–H groups in total. The van der Waals surface area contributed by atoms with Crippen LogP contribution >= 0.6 is 0 Å². The summed E-state index contributed by atoms with van der Waals surface area (Å²) in [7, 11) is 0. The first-order chi connectivity index (χ1) is 9.74. The number of hydrogen-bond acceptors (Lipinski definition) is 2. The Kier molecular flexibility index (Phi) is 4.30. The van der Waals surface area contributed by atoms with Crippen LogP contribution in [0.2, 0.25) is 0 Å². The molecule has 1 saturated carbocycles. The maximum absolute atomic E-state index is 3.48. The molecule has 20 heavy (non-hydrogen) atoms. The van der Waals surface area contributed by atoms with Gasteiger partial charge in [0, 0.05) is 30.9 Å². The average molecular weight is 272 g/mol. The van der Waals surface area contributed by atoms with E-state index in [1.165, 1.54) is 49.9 Å². The smallest absolute Gasteiger partial charge is 0.0369 e. The number of benzene rings is 1. The first-order valence-electron chi connectivity index (χ1n) is 8.33. The van der Waals surface area contributed by atoms with Gasteiger partial charge in [0.25, 0.3) is 0 Å². The zero-order chi connectivity index (χ0) is 13.9. The van der Waals surface area contributed by atoms with Crippen molar-refractivity contribution in [3.8, 4) is 0 Å². The molecule has 0 amide bonds. The zero-order valence-corrected chi connectivity index (χ0v) is 12.9. The van der Waals surface area contributed by atoms with Gasteiger partial charge in [-0.2, -0.15) is 0 Å². The van der Waals surface area contributed by atoms with Crippen molar-refractivity contribution in [1.82, 2.24) is 5.32 Å². The van der Waals surface area contributed by atoms with Crippen molar-refractivity contribution >= 4 is 5.69 Å². The first-order valence-corrected chi connectivity index (χ1v) is 8.33. The van der Waals surface area contributed by atoms with E-state index in [1.807, 2.05) is 0 Å². The first kappa shape index (κ1) is 13.9. The van der Waals surface area contributed by atoms with Crippen molar-refractivity contribution in [3.63, 3.8) is 0 Å². The molecular weight excluding hydrogens is 244 g/mol. The number of nitrogens with one attached hydrogen (secondary N) is 1. The molecule has 2 heteroatoms. The lowest BCUT2D eigenvalue weighted by Crippen LogP contribution is -2.34. The number of fused-ring (bicyclic) bond motifs is 1. The van der Waals surface area contributed by atoms with Crippen LogP contribution in [0.3, 0.4) is 0 Å². The van der Waals surface area contributed by atoms with Crippen molar-refractivity contribution in [2.45, 2.75) is 64.6 Å². The summed E-state index contributed by atoms with van der Waals surface area (Å²) in [5, 5.41) is 3.48. The van der Waals surface area contributed by atoms with Gasteiger partial charge < -0.3 is 10.2 Å². The van der Waals surface area contributed by atoms with E-state index in [4.69, 9.17) is 0 Å². The van der Waals surface area contributed by atoms with Gasteiger partial charge in [-0.25, -0.2) is 0 Å².